The fourth-order valence-electron chi connectivity index (χ4n) is 3.77. The third-order valence-corrected chi connectivity index (χ3v) is 4.71. The van der Waals surface area contributed by atoms with E-state index in [1.165, 1.54) is 57.3 Å². The Morgan fingerprint density at radius 2 is 0.714 bits per heavy atom. The summed E-state index contributed by atoms with van der Waals surface area (Å²) in [4.78, 5) is 0. The van der Waals surface area contributed by atoms with E-state index in [-0.39, 0.29) is 178 Å². The molecule has 35 heavy (non-hydrogen) atoms. The van der Waals surface area contributed by atoms with E-state index in [0.29, 0.717) is 0 Å². The van der Waals surface area contributed by atoms with Gasteiger partial charge in [0.25, 0.3) is 0 Å². The first kappa shape index (κ1) is 51.0. The largest absolute Gasteiger partial charge is 0.358 e. The molecule has 0 fully saturated rings. The van der Waals surface area contributed by atoms with Crippen LogP contribution in [0.4, 0.5) is 0 Å². The zero-order chi connectivity index (χ0) is 20.5. The summed E-state index contributed by atoms with van der Waals surface area (Å²) in [6, 6.07) is 22.5. The summed E-state index contributed by atoms with van der Waals surface area (Å²) in [7, 11) is 0. The van der Waals surface area contributed by atoms with Crippen molar-refractivity contribution in [1.29, 1.82) is 0 Å². The molecule has 0 aromatic heterocycles. The normalized spacial score (nSPS) is 8.97. The Morgan fingerprint density at radius 1 is 0.457 bits per heavy atom. The van der Waals surface area contributed by atoms with Crippen LogP contribution < -0.4 is 0 Å². The van der Waals surface area contributed by atoms with Crippen LogP contribution in [0.15, 0.2) is 60.7 Å². The molecule has 2 aliphatic carbocycles. The van der Waals surface area contributed by atoms with Gasteiger partial charge in [-0.1, -0.05) is 103 Å². The molecule has 5 heteroatoms. The Labute approximate surface area is 344 Å². The van der Waals surface area contributed by atoms with E-state index in [2.05, 4.69) is 88.4 Å². The van der Waals surface area contributed by atoms with E-state index in [9.17, 15) is 0 Å². The molecule has 0 heterocycles. The number of fused-ring (bicyclic) bond motifs is 6. The van der Waals surface area contributed by atoms with Crippen molar-refractivity contribution < 1.29 is 164 Å². The van der Waals surface area contributed by atoms with Gasteiger partial charge in [-0.3, -0.25) is 0 Å². The molecule has 0 spiro atoms. The molecule has 0 amide bonds. The molecule has 5 rings (SSSR count). The minimum absolute atomic E-state index is 0. The molecule has 0 bridgehead atoms. The predicted octanol–water partition coefficient (Wildman–Crippen LogP) is 9.58. The van der Waals surface area contributed by atoms with Crippen LogP contribution in [0.3, 0.4) is 0 Å². The first-order chi connectivity index (χ1) is 13.7. The monoisotopic (exact) mass is 847 g/mol. The van der Waals surface area contributed by atoms with Crippen molar-refractivity contribution in [1.82, 2.24) is 0 Å². The van der Waals surface area contributed by atoms with Gasteiger partial charge < -0.3 is 14.9 Å². The van der Waals surface area contributed by atoms with Crippen LogP contribution in [-0.4, -0.2) is 0 Å². The van der Waals surface area contributed by atoms with Crippen molar-refractivity contribution in [3.05, 3.63) is 97.8 Å². The average molecular weight is 847 g/mol. The van der Waals surface area contributed by atoms with Gasteiger partial charge in [-0.2, -0.15) is 0 Å². The second-order valence-electron chi connectivity index (χ2n) is 7.25. The first-order valence-corrected chi connectivity index (χ1v) is 11.1. The minimum atomic E-state index is 0. The van der Waals surface area contributed by atoms with E-state index < -0.39 is 0 Å². The van der Waals surface area contributed by atoms with Gasteiger partial charge in [-0.05, 0) is 69.5 Å². The molecule has 5 radical (unpaired) electrons. The van der Waals surface area contributed by atoms with Gasteiger partial charge in [0.05, 0.1) is 0 Å². The van der Waals surface area contributed by atoms with Crippen molar-refractivity contribution >= 4 is 0 Å². The SMILES string of the molecule is CC.CCC.CCC.[CH3-].[CH3-].[Y].[Y].[Y].[Y].[Y].c1ccc2c(c1)Cc1cc3c(cc1-2)Cc1ccccc1-3. The molecule has 3 aromatic rings. The van der Waals surface area contributed by atoms with E-state index >= 15 is 0 Å². The van der Waals surface area contributed by atoms with Crippen LogP contribution in [0.2, 0.25) is 0 Å². The molecule has 0 N–H and O–H groups in total. The summed E-state index contributed by atoms with van der Waals surface area (Å²) >= 11 is 0. The Balaban J connectivity index is -0.000000127. The topological polar surface area (TPSA) is 0 Å². The molecule has 3 aromatic carbocycles. The summed E-state index contributed by atoms with van der Waals surface area (Å²) in [6.07, 6.45) is 4.67. The summed E-state index contributed by atoms with van der Waals surface area (Å²) in [6.45, 7) is 12.5. The van der Waals surface area contributed by atoms with Gasteiger partial charge in [0.2, 0.25) is 0 Å². The van der Waals surface area contributed by atoms with Crippen molar-refractivity contribution in [3.63, 3.8) is 0 Å². The zero-order valence-electron chi connectivity index (χ0n) is 23.5. The van der Waals surface area contributed by atoms with Crippen LogP contribution in [0.5, 0.6) is 0 Å². The third kappa shape index (κ3) is 14.1. The second-order valence-corrected chi connectivity index (χ2v) is 7.25. The van der Waals surface area contributed by atoms with Crippen LogP contribution in [-0.2, 0) is 176 Å². The smallest absolute Gasteiger partial charge is 0 e. The summed E-state index contributed by atoms with van der Waals surface area (Å²) in [5, 5.41) is 0. The zero-order valence-corrected chi connectivity index (χ0v) is 37.7. The van der Waals surface area contributed by atoms with Crippen LogP contribution >= 0.6 is 0 Å². The molecule has 0 unspecified atom stereocenters. The molecule has 0 nitrogen and oxygen atoms in total. The quantitative estimate of drug-likeness (QED) is 0.136. The van der Waals surface area contributed by atoms with Gasteiger partial charge in [0.1, 0.15) is 0 Å². The van der Waals surface area contributed by atoms with Crippen molar-refractivity contribution in [2.24, 2.45) is 0 Å². The van der Waals surface area contributed by atoms with E-state index in [0.717, 1.165) is 12.8 Å². The molecule has 0 saturated carbocycles. The Morgan fingerprint density at radius 3 is 1.00 bits per heavy atom. The molecule has 2 aliphatic rings. The number of hydrogen-bond donors (Lipinski definition) is 0. The van der Waals surface area contributed by atoms with Gasteiger partial charge in [-0.15, -0.1) is 0 Å². The summed E-state index contributed by atoms with van der Waals surface area (Å²) in [5.41, 5.74) is 11.7. The second kappa shape index (κ2) is 28.7. The molecule has 0 saturated heterocycles. The van der Waals surface area contributed by atoms with Gasteiger partial charge in [-0.25, -0.2) is 0 Å². The average Bonchev–Trinajstić information content (AvgIpc) is 3.26. The minimum Gasteiger partial charge on any atom is -0.358 e. The van der Waals surface area contributed by atoms with Gasteiger partial charge in [0.15, 0.2) is 0 Å². The first-order valence-electron chi connectivity index (χ1n) is 11.1. The summed E-state index contributed by atoms with van der Waals surface area (Å²) < 4.78 is 0. The maximum atomic E-state index is 2.43. The van der Waals surface area contributed by atoms with E-state index in [1.807, 2.05) is 13.8 Å². The van der Waals surface area contributed by atoms with Gasteiger partial charge in [0, 0.05) is 164 Å². The van der Waals surface area contributed by atoms with E-state index in [1.54, 1.807) is 0 Å². The molecular formula is C30H42Y5-2. The Kier molecular flexibility index (Phi) is 41.8. The standard InChI is InChI=1S/C20H14.2C3H8.C2H6.2CH3.5Y/c1-3-7-17-13(5-1)9-15-11-20-16(12-19(15)17)10-14-6-2-4-8-18(14)20;2*1-3-2;1-2;;;;;;;/h1-8,11-12H,9-10H2;2*3H2,1-2H3;1-2H3;2*1H3;;;;;/q;;;;2*-1;;;;;. The predicted molar refractivity (Wildman–Crippen MR) is 139 cm³/mol. The molecular weight excluding hydrogens is 805 g/mol. The third-order valence-electron chi connectivity index (χ3n) is 4.71. The van der Waals surface area contributed by atoms with Crippen molar-refractivity contribution in [3.8, 4) is 22.3 Å². The fourth-order valence-corrected chi connectivity index (χ4v) is 3.77. The fraction of sp³-hybridized carbons (Fsp3) is 0.333. The molecule has 0 aliphatic heterocycles. The molecule has 179 valence electrons. The molecule has 0 atom stereocenters. The van der Waals surface area contributed by atoms with E-state index in [4.69, 9.17) is 0 Å². The number of hydrogen-bond acceptors (Lipinski definition) is 0. The van der Waals surface area contributed by atoms with Crippen LogP contribution in [0.25, 0.3) is 22.3 Å². The number of rotatable bonds is 0. The summed E-state index contributed by atoms with van der Waals surface area (Å²) in [5.74, 6) is 0. The number of benzene rings is 3. The Bertz CT molecular complexity index is 832. The van der Waals surface area contributed by atoms with Crippen LogP contribution in [0.1, 0.15) is 76.6 Å². The Hall–Kier alpha value is 3.18. The van der Waals surface area contributed by atoms with Crippen molar-refractivity contribution in [2.75, 3.05) is 0 Å². The maximum Gasteiger partial charge on any atom is 0 e. The maximum absolute atomic E-state index is 2.43. The van der Waals surface area contributed by atoms with Crippen LogP contribution in [0, 0.1) is 14.9 Å². The van der Waals surface area contributed by atoms with Crippen molar-refractivity contribution in [2.45, 2.75) is 67.2 Å². The van der Waals surface area contributed by atoms with Gasteiger partial charge >= 0.3 is 0 Å².